The van der Waals surface area contributed by atoms with Crippen LogP contribution >= 0.6 is 0 Å². The number of ketones is 1. The van der Waals surface area contributed by atoms with Crippen molar-refractivity contribution in [3.63, 3.8) is 0 Å². The first-order chi connectivity index (χ1) is 28.5. The van der Waals surface area contributed by atoms with Crippen molar-refractivity contribution in [2.75, 3.05) is 12.4 Å². The van der Waals surface area contributed by atoms with E-state index in [0.29, 0.717) is 0 Å². The van der Waals surface area contributed by atoms with Crippen LogP contribution in [0.2, 0.25) is 0 Å². The van der Waals surface area contributed by atoms with E-state index in [-0.39, 0.29) is 34.8 Å². The van der Waals surface area contributed by atoms with E-state index in [4.69, 9.17) is 23.8 Å². The number of aliphatic carboxylic acids is 1. The van der Waals surface area contributed by atoms with Crippen molar-refractivity contribution in [1.29, 1.82) is 0 Å². The van der Waals surface area contributed by atoms with Crippen LogP contribution in [0.15, 0.2) is 41.3 Å². The molecule has 0 aromatic heterocycles. The van der Waals surface area contributed by atoms with Crippen molar-refractivity contribution in [2.24, 2.45) is 34.7 Å². The van der Waals surface area contributed by atoms with Crippen LogP contribution in [0.25, 0.3) is 10.8 Å². The van der Waals surface area contributed by atoms with Crippen LogP contribution in [0.1, 0.15) is 90.2 Å². The zero-order valence-electron chi connectivity index (χ0n) is 36.2. The van der Waals surface area contributed by atoms with E-state index in [9.17, 15) is 49.8 Å². The molecule has 0 fully saturated rings. The van der Waals surface area contributed by atoms with Gasteiger partial charge in [-0.3, -0.25) is 14.4 Å². The number of anilines is 1. The smallest absolute Gasteiger partial charge is 0.347 e. The molecule has 17 nitrogen and oxygen atoms in total. The minimum absolute atomic E-state index is 0.0284. The van der Waals surface area contributed by atoms with Gasteiger partial charge in [-0.2, -0.15) is 0 Å². The lowest BCUT2D eigenvalue weighted by molar-refractivity contribution is -0.160. The van der Waals surface area contributed by atoms with Gasteiger partial charge in [0.05, 0.1) is 53.0 Å². The standard InChI is InChI=1S/C44H58N2O15/c1-19(2)17-29(43(55)56)61-45-18-27-33-38(52)31-30(37(27)51)32-40(25(8)36(31)50)60-44(10,41(32)53)58-16-15-28(57-11)22(5)39(59-26(9)47)24(7)35(49)23(6)34(48)20(3)13-12-14-21(4)42(54)46-33/h12-16,18-20,22-24,28-29,34-35,39,48-52H,17H2,1-11H3,(H,46,54)(H,55,56)/b13-12+,16-15+,21-14-,45-18-/t20-,22-,23-,24-,28+,29?,34+,35-,39-,44+/m1/s1. The van der Waals surface area contributed by atoms with Crippen molar-refractivity contribution < 1.29 is 73.6 Å². The van der Waals surface area contributed by atoms with Gasteiger partial charge >= 0.3 is 17.7 Å². The molecule has 2 aromatic rings. The van der Waals surface area contributed by atoms with Gasteiger partial charge < -0.3 is 59.7 Å². The molecule has 3 aliphatic rings. The van der Waals surface area contributed by atoms with E-state index in [1.165, 1.54) is 53.0 Å². The minimum atomic E-state index is -2.13. The molecule has 0 spiro atoms. The number of methoxy groups -OCH3 is 1. The van der Waals surface area contributed by atoms with Crippen molar-refractivity contribution in [3.05, 3.63) is 52.8 Å². The molecule has 61 heavy (non-hydrogen) atoms. The average Bonchev–Trinajstić information content (AvgIpc) is 3.46. The summed E-state index contributed by atoms with van der Waals surface area (Å²) in [6.45, 7) is 15.7. The number of esters is 1. The van der Waals surface area contributed by atoms with Crippen LogP contribution in [0.3, 0.4) is 0 Å². The minimum Gasteiger partial charge on any atom is -0.507 e. The van der Waals surface area contributed by atoms with Gasteiger partial charge in [0.1, 0.15) is 23.4 Å². The summed E-state index contributed by atoms with van der Waals surface area (Å²) in [6.07, 6.45) is 2.60. The molecular weight excluding hydrogens is 796 g/mol. The molecule has 334 valence electrons. The zero-order valence-corrected chi connectivity index (χ0v) is 36.2. The molecule has 3 aliphatic heterocycles. The number of carboxylic acid groups (broad SMARTS) is 1. The van der Waals surface area contributed by atoms with Gasteiger partial charge in [0, 0.05) is 67.6 Å². The van der Waals surface area contributed by atoms with Crippen molar-refractivity contribution >= 4 is 46.3 Å². The maximum absolute atomic E-state index is 14.4. The van der Waals surface area contributed by atoms with Crippen LogP contribution < -0.4 is 10.1 Å². The van der Waals surface area contributed by atoms with Crippen LogP contribution in [-0.2, 0) is 33.4 Å². The number of hydrogen-bond donors (Lipinski definition) is 7. The number of allylic oxidation sites excluding steroid dienone is 2. The summed E-state index contributed by atoms with van der Waals surface area (Å²) >= 11 is 0. The number of carboxylic acids is 1. The van der Waals surface area contributed by atoms with Gasteiger partial charge in [-0.15, -0.1) is 0 Å². The molecule has 0 aliphatic carbocycles. The maximum Gasteiger partial charge on any atom is 0.347 e. The highest BCUT2D eigenvalue weighted by molar-refractivity contribution is 6.23. The summed E-state index contributed by atoms with van der Waals surface area (Å²) in [5.41, 5.74) is -1.16. The fourth-order valence-electron chi connectivity index (χ4n) is 7.65. The third-order valence-electron chi connectivity index (χ3n) is 11.4. The lowest BCUT2D eigenvalue weighted by Gasteiger charge is -2.38. The number of aliphatic hydroxyl groups is 2. The highest BCUT2D eigenvalue weighted by Gasteiger charge is 2.50. The molecule has 0 radical (unpaired) electrons. The maximum atomic E-state index is 14.4. The Balaban J connectivity index is 1.98. The van der Waals surface area contributed by atoms with E-state index in [0.717, 1.165) is 12.5 Å². The number of rotatable bonds is 8. The predicted molar refractivity (Wildman–Crippen MR) is 223 cm³/mol. The number of Topliss-reactive ketones (excluding diaryl/α,β-unsaturated/α-hetero) is 1. The SMILES string of the molecule is CO[C@H]1/C=C/O[C@@]2(C)Oc3c(C)c(O)c4c(O)c(c(/C=N\OC(CC(C)C)C(=O)O)c(O)c4c3C2=O)NC(=O)/C(C)=C\C=C\[C@@H](C)[C@H](O)[C@@H](C)[C@@H](O)[C@@H](C)[C@H](OC(C)=O)[C@@H]1C. The first kappa shape index (κ1) is 48.0. The fourth-order valence-corrected chi connectivity index (χ4v) is 7.65. The molecule has 5 bridgehead atoms. The quantitative estimate of drug-likeness (QED) is 0.0560. The van der Waals surface area contributed by atoms with Gasteiger partial charge in [0.15, 0.2) is 5.75 Å². The number of amides is 1. The first-order valence-electron chi connectivity index (χ1n) is 20.0. The van der Waals surface area contributed by atoms with E-state index in [2.05, 4.69) is 10.5 Å². The number of ether oxygens (including phenoxy) is 4. The Labute approximate surface area is 354 Å². The molecule has 7 N–H and O–H groups in total. The second-order valence-electron chi connectivity index (χ2n) is 16.4. The topological polar surface area (TPSA) is 260 Å². The van der Waals surface area contributed by atoms with Gasteiger partial charge in [0.2, 0.25) is 6.10 Å². The normalized spacial score (nSPS) is 30.0. The number of aromatic hydroxyl groups is 3. The lowest BCUT2D eigenvalue weighted by atomic mass is 9.78. The molecule has 10 atom stereocenters. The molecule has 0 saturated carbocycles. The molecule has 17 heteroatoms. The fraction of sp³-hybridized carbons (Fsp3) is 0.523. The Morgan fingerprint density at radius 1 is 0.967 bits per heavy atom. The zero-order chi connectivity index (χ0) is 45.8. The largest absolute Gasteiger partial charge is 0.507 e. The number of oxime groups is 1. The lowest BCUT2D eigenvalue weighted by Crippen LogP contribution is -2.46. The molecule has 1 amide bonds. The third kappa shape index (κ3) is 9.95. The van der Waals surface area contributed by atoms with Gasteiger partial charge in [-0.05, 0) is 25.8 Å². The molecule has 1 unspecified atom stereocenters. The van der Waals surface area contributed by atoms with Gasteiger partial charge in [-0.1, -0.05) is 64.9 Å². The third-order valence-corrected chi connectivity index (χ3v) is 11.4. The first-order valence-corrected chi connectivity index (χ1v) is 20.0. The molecular formula is C44H58N2O15. The second-order valence-corrected chi connectivity index (χ2v) is 16.4. The monoisotopic (exact) mass is 854 g/mol. The van der Waals surface area contributed by atoms with Crippen LogP contribution in [0, 0.1) is 36.5 Å². The summed E-state index contributed by atoms with van der Waals surface area (Å²) in [5.74, 6) is -10.9. The number of hydrogen-bond acceptors (Lipinski definition) is 15. The number of carbonyl (C=O) groups excluding carboxylic acids is 3. The molecule has 0 saturated heterocycles. The molecule has 3 heterocycles. The van der Waals surface area contributed by atoms with E-state index in [1.54, 1.807) is 47.6 Å². The van der Waals surface area contributed by atoms with Crippen LogP contribution in [-0.4, -0.2) is 104 Å². The highest BCUT2D eigenvalue weighted by Crippen LogP contribution is 2.55. The number of nitrogens with one attached hydrogen (secondary N) is 1. The number of nitrogens with zero attached hydrogens (tertiary/aromatic N) is 1. The Morgan fingerprint density at radius 3 is 2.21 bits per heavy atom. The van der Waals surface area contributed by atoms with Crippen LogP contribution in [0.4, 0.5) is 5.69 Å². The van der Waals surface area contributed by atoms with Gasteiger partial charge in [-0.25, -0.2) is 4.79 Å². The Bertz CT molecular complexity index is 2140. The summed E-state index contributed by atoms with van der Waals surface area (Å²) in [7, 11) is 1.40. The average molecular weight is 855 g/mol. The molecule has 5 rings (SSSR count). The van der Waals surface area contributed by atoms with Crippen molar-refractivity contribution in [1.82, 2.24) is 0 Å². The summed E-state index contributed by atoms with van der Waals surface area (Å²) in [4.78, 5) is 57.6. The number of fused-ring (bicyclic) bond motifs is 14. The number of phenols is 3. The van der Waals surface area contributed by atoms with E-state index < -0.39 is 123 Å². The number of aliphatic hydroxyl groups excluding tert-OH is 2. The van der Waals surface area contributed by atoms with E-state index in [1.807, 2.05) is 0 Å². The van der Waals surface area contributed by atoms with Crippen molar-refractivity contribution in [3.8, 4) is 23.0 Å². The number of carbonyl (C=O) groups is 4. The summed E-state index contributed by atoms with van der Waals surface area (Å²) in [6, 6.07) is 0. The second kappa shape index (κ2) is 19.4. The Kier molecular flexibility index (Phi) is 15.3. The van der Waals surface area contributed by atoms with Crippen molar-refractivity contribution in [2.45, 2.75) is 112 Å². The highest BCUT2D eigenvalue weighted by atomic mass is 16.7. The summed E-state index contributed by atoms with van der Waals surface area (Å²) < 4.78 is 23.4. The number of phenolic OH excluding ortho intramolecular Hbond substituents is 3. The number of benzene rings is 2. The van der Waals surface area contributed by atoms with Crippen LogP contribution in [0.5, 0.6) is 23.0 Å². The molecule has 2 aromatic carbocycles. The van der Waals surface area contributed by atoms with E-state index >= 15 is 0 Å². The Morgan fingerprint density at radius 2 is 1.62 bits per heavy atom. The Hall–Kier alpha value is -5.65. The predicted octanol–water partition coefficient (Wildman–Crippen LogP) is 5.60. The summed E-state index contributed by atoms with van der Waals surface area (Å²) in [5, 5.41) is 73.4. The van der Waals surface area contributed by atoms with Gasteiger partial charge in [0.25, 0.3) is 11.7 Å².